The van der Waals surface area contributed by atoms with Gasteiger partial charge in [-0.05, 0) is 31.7 Å². The molecule has 0 radical (unpaired) electrons. The number of nitrogens with two attached hydrogens (primary N) is 1. The van der Waals surface area contributed by atoms with Crippen LogP contribution in [-0.2, 0) is 7.05 Å². The van der Waals surface area contributed by atoms with Crippen molar-refractivity contribution in [2.45, 2.75) is 56.9 Å². The number of aromatic nitrogens is 3. The number of hydroxylamine groups is 1. The third kappa shape index (κ3) is 3.84. The molecule has 4 heterocycles. The number of nitrogens with zero attached hydrogens (tertiary/aromatic N) is 6. The molecule has 0 spiro atoms. The lowest BCUT2D eigenvalue weighted by Crippen LogP contribution is -2.40. The molecule has 172 valence electrons. The number of anilines is 2. The molecule has 2 aromatic heterocycles. The van der Waals surface area contributed by atoms with E-state index in [0.717, 1.165) is 67.4 Å². The van der Waals surface area contributed by atoms with Crippen molar-refractivity contribution in [1.29, 1.82) is 0 Å². The molecule has 2 aliphatic heterocycles. The summed E-state index contributed by atoms with van der Waals surface area (Å²) < 4.78 is 9.50. The fourth-order valence-corrected chi connectivity index (χ4v) is 5.25. The second-order valence-electron chi connectivity index (χ2n) is 9.24. The van der Waals surface area contributed by atoms with E-state index < -0.39 is 0 Å². The highest BCUT2D eigenvalue weighted by atomic mass is 16.5. The number of hydrogen-bond donors (Lipinski definition) is 2. The summed E-state index contributed by atoms with van der Waals surface area (Å²) in [6, 6.07) is 4.32. The van der Waals surface area contributed by atoms with Crippen LogP contribution in [-0.4, -0.2) is 63.7 Å². The van der Waals surface area contributed by atoms with Crippen LogP contribution in [0.1, 0.15) is 62.3 Å². The van der Waals surface area contributed by atoms with Gasteiger partial charge in [-0.1, -0.05) is 19.3 Å². The predicted molar refractivity (Wildman–Crippen MR) is 123 cm³/mol. The van der Waals surface area contributed by atoms with Gasteiger partial charge in [0.2, 0.25) is 6.67 Å². The minimum absolute atomic E-state index is 0.275. The van der Waals surface area contributed by atoms with Crippen molar-refractivity contribution in [3.05, 3.63) is 23.5 Å². The minimum Gasteiger partial charge on any atom is -0.476 e. The van der Waals surface area contributed by atoms with Crippen molar-refractivity contribution in [3.8, 4) is 5.88 Å². The number of piperidine rings is 1. The van der Waals surface area contributed by atoms with Crippen molar-refractivity contribution in [2.75, 3.05) is 36.8 Å². The summed E-state index contributed by atoms with van der Waals surface area (Å²) in [6.07, 6.45) is 10.0. The zero-order valence-electron chi connectivity index (χ0n) is 19.1. The van der Waals surface area contributed by atoms with E-state index in [2.05, 4.69) is 4.90 Å². The smallest absolute Gasteiger partial charge is 0.289 e. The average Bonchev–Trinajstić information content (AvgIpc) is 3.16. The molecule has 2 fully saturated rings. The van der Waals surface area contributed by atoms with Crippen molar-refractivity contribution in [2.24, 2.45) is 12.8 Å². The van der Waals surface area contributed by atoms with E-state index in [1.807, 2.05) is 34.7 Å². The van der Waals surface area contributed by atoms with Crippen molar-refractivity contribution in [1.82, 2.24) is 14.8 Å². The molecular weight excluding hydrogens is 406 g/mol. The molecular formula is C23H34N7O2+. The maximum absolute atomic E-state index is 11.0. The Bertz CT molecular complexity index is 1000. The Labute approximate surface area is 189 Å². The first-order valence-electron chi connectivity index (χ1n) is 11.8. The van der Waals surface area contributed by atoms with Gasteiger partial charge in [-0.25, -0.2) is 0 Å². The molecule has 1 saturated carbocycles. The van der Waals surface area contributed by atoms with E-state index in [1.54, 1.807) is 7.11 Å². The van der Waals surface area contributed by atoms with Gasteiger partial charge in [-0.15, -0.1) is 0 Å². The minimum atomic E-state index is 0.275. The molecule has 1 saturated heterocycles. The average molecular weight is 441 g/mol. The molecule has 0 bridgehead atoms. The van der Waals surface area contributed by atoms with E-state index in [0.29, 0.717) is 18.5 Å². The van der Waals surface area contributed by atoms with Crippen LogP contribution in [0.2, 0.25) is 0 Å². The summed E-state index contributed by atoms with van der Waals surface area (Å²) in [4.78, 5) is 7.03. The first-order valence-corrected chi connectivity index (χ1v) is 11.8. The summed E-state index contributed by atoms with van der Waals surface area (Å²) >= 11 is 0. The SMILES string of the molecule is COc1nc(N2CCC(N)CC2)ccc1[N+]1=Cc2c(c(C3CCCCC3)nn2C)N(O)C1. The first-order chi connectivity index (χ1) is 15.5. The van der Waals surface area contributed by atoms with Crippen LogP contribution < -0.4 is 20.4 Å². The topological polar surface area (TPSA) is 95.7 Å². The lowest BCUT2D eigenvalue weighted by molar-refractivity contribution is -0.445. The van der Waals surface area contributed by atoms with Crippen LogP contribution >= 0.6 is 0 Å². The van der Waals surface area contributed by atoms with Crippen molar-refractivity contribution in [3.63, 3.8) is 0 Å². The maximum Gasteiger partial charge on any atom is 0.289 e. The molecule has 2 aromatic rings. The number of methoxy groups -OCH3 is 1. The zero-order chi connectivity index (χ0) is 22.2. The number of fused-ring (bicyclic) bond motifs is 1. The van der Waals surface area contributed by atoms with Gasteiger partial charge in [0.05, 0.1) is 12.8 Å². The van der Waals surface area contributed by atoms with Gasteiger partial charge in [-0.3, -0.25) is 9.89 Å². The van der Waals surface area contributed by atoms with Gasteiger partial charge in [0.1, 0.15) is 11.5 Å². The Morgan fingerprint density at radius 3 is 2.59 bits per heavy atom. The number of aryl methyl sites for hydroxylation is 1. The van der Waals surface area contributed by atoms with Gasteiger partial charge in [0.15, 0.2) is 11.9 Å². The molecule has 9 heteroatoms. The largest absolute Gasteiger partial charge is 0.476 e. The molecule has 0 aromatic carbocycles. The van der Waals surface area contributed by atoms with Gasteiger partial charge >= 0.3 is 0 Å². The second-order valence-corrected chi connectivity index (χ2v) is 9.24. The maximum atomic E-state index is 11.0. The third-order valence-electron chi connectivity index (χ3n) is 7.10. The number of rotatable bonds is 4. The standard InChI is InChI=1S/C23H34N7O2/c1-27-19-14-29(15-30(31)22(19)21(26-27)16-6-4-3-5-7-16)18-8-9-20(25-23(18)32-2)28-12-10-17(24)11-13-28/h8-9,14,16-17,31H,3-7,10-13,15,24H2,1-2H3/q+1. The summed E-state index contributed by atoms with van der Waals surface area (Å²) in [6.45, 7) is 2.10. The number of ether oxygens (including phenoxy) is 1. The summed E-state index contributed by atoms with van der Waals surface area (Å²) in [7, 11) is 3.58. The number of pyridine rings is 1. The van der Waals surface area contributed by atoms with Gasteiger partial charge in [0, 0.05) is 38.2 Å². The molecule has 9 nitrogen and oxygen atoms in total. The quantitative estimate of drug-likeness (QED) is 0.706. The summed E-state index contributed by atoms with van der Waals surface area (Å²) in [5.74, 6) is 1.86. The number of hydrogen-bond acceptors (Lipinski definition) is 7. The highest BCUT2D eigenvalue weighted by Crippen LogP contribution is 2.40. The molecule has 3 N–H and O–H groups in total. The van der Waals surface area contributed by atoms with E-state index in [1.165, 1.54) is 24.3 Å². The molecule has 0 atom stereocenters. The molecule has 1 aliphatic carbocycles. The Kier molecular flexibility index (Phi) is 5.77. The molecule has 3 aliphatic rings. The highest BCUT2D eigenvalue weighted by molar-refractivity contribution is 5.86. The molecule has 32 heavy (non-hydrogen) atoms. The third-order valence-corrected chi connectivity index (χ3v) is 7.10. The van der Waals surface area contributed by atoms with E-state index in [4.69, 9.17) is 20.6 Å². The van der Waals surface area contributed by atoms with Crippen LogP contribution in [0.4, 0.5) is 17.2 Å². The van der Waals surface area contributed by atoms with E-state index >= 15 is 0 Å². The zero-order valence-corrected chi connectivity index (χ0v) is 19.1. The Balaban J connectivity index is 1.47. The molecule has 0 amide bonds. The van der Waals surface area contributed by atoms with Crippen LogP contribution in [0.25, 0.3) is 0 Å². The van der Waals surface area contributed by atoms with Gasteiger partial charge < -0.3 is 15.4 Å². The first kappa shape index (κ1) is 21.2. The lowest BCUT2D eigenvalue weighted by Gasteiger charge is -2.31. The van der Waals surface area contributed by atoms with Crippen molar-refractivity contribution >= 4 is 23.4 Å². The van der Waals surface area contributed by atoms with Crippen LogP contribution in [0, 0.1) is 0 Å². The van der Waals surface area contributed by atoms with E-state index in [9.17, 15) is 5.21 Å². The summed E-state index contributed by atoms with van der Waals surface area (Å²) in [5.41, 5.74) is 9.62. The van der Waals surface area contributed by atoms with Crippen LogP contribution in [0.15, 0.2) is 12.1 Å². The lowest BCUT2D eigenvalue weighted by atomic mass is 9.86. The Morgan fingerprint density at radius 2 is 1.88 bits per heavy atom. The molecule has 5 rings (SSSR count). The van der Waals surface area contributed by atoms with Gasteiger partial charge in [0.25, 0.3) is 11.6 Å². The highest BCUT2D eigenvalue weighted by Gasteiger charge is 2.35. The van der Waals surface area contributed by atoms with Crippen LogP contribution in [0.3, 0.4) is 0 Å². The fraction of sp³-hybridized carbons (Fsp3) is 0.609. The van der Waals surface area contributed by atoms with E-state index in [-0.39, 0.29) is 6.04 Å². The molecule has 0 unspecified atom stereocenters. The second kappa shape index (κ2) is 8.71. The predicted octanol–water partition coefficient (Wildman–Crippen LogP) is 2.73. The monoisotopic (exact) mass is 440 g/mol. The van der Waals surface area contributed by atoms with Gasteiger partial charge in [-0.2, -0.15) is 19.7 Å². The Hall–Kier alpha value is -2.65. The van der Waals surface area contributed by atoms with Crippen molar-refractivity contribution < 1.29 is 14.5 Å². The van der Waals surface area contributed by atoms with Crippen LogP contribution in [0.5, 0.6) is 5.88 Å². The summed E-state index contributed by atoms with van der Waals surface area (Å²) in [5, 5.41) is 17.1. The normalized spacial score (nSPS) is 20.3. The fourth-order valence-electron chi connectivity index (χ4n) is 5.25. The Morgan fingerprint density at radius 1 is 1.12 bits per heavy atom.